The van der Waals surface area contributed by atoms with Gasteiger partial charge in [-0.15, -0.1) is 0 Å². The van der Waals surface area contributed by atoms with Crippen molar-refractivity contribution in [3.63, 3.8) is 0 Å². The molecule has 0 saturated carbocycles. The van der Waals surface area contributed by atoms with Gasteiger partial charge in [0.05, 0.1) is 23.9 Å². The smallest absolute Gasteiger partial charge is 0.407 e. The van der Waals surface area contributed by atoms with Gasteiger partial charge in [-0.2, -0.15) is 0 Å². The molecule has 1 fully saturated rings. The molecule has 5 nitrogen and oxygen atoms in total. The van der Waals surface area contributed by atoms with Gasteiger partial charge in [0.2, 0.25) is 0 Å². The zero-order chi connectivity index (χ0) is 16.3. The van der Waals surface area contributed by atoms with Crippen LogP contribution in [0.15, 0.2) is 18.2 Å². The fraction of sp³-hybridized carbons (Fsp3) is 0.562. The number of carbonyl (C=O) groups excluding carboxylic acids is 1. The number of hydrogen-bond acceptors (Lipinski definition) is 4. The SMILES string of the molecule is COc1ccc(N2CCC(NC(=O)OC(C)(C)C)C2)c(Cl)c1. The molecule has 0 spiro atoms. The molecule has 1 heterocycles. The standard InChI is InChI=1S/C16H23ClN2O3/c1-16(2,3)22-15(20)18-11-7-8-19(10-11)14-6-5-12(21-4)9-13(14)17/h5-6,9,11H,7-8,10H2,1-4H3,(H,18,20). The minimum atomic E-state index is -0.484. The average molecular weight is 327 g/mol. The number of amides is 1. The van der Waals surface area contributed by atoms with Crippen molar-refractivity contribution in [1.29, 1.82) is 0 Å². The predicted molar refractivity (Wildman–Crippen MR) is 88.0 cm³/mol. The highest BCUT2D eigenvalue weighted by Gasteiger charge is 2.27. The van der Waals surface area contributed by atoms with E-state index in [0.717, 1.165) is 24.4 Å². The third-order valence-electron chi connectivity index (χ3n) is 3.40. The lowest BCUT2D eigenvalue weighted by Crippen LogP contribution is -2.40. The van der Waals surface area contributed by atoms with Crippen LogP contribution < -0.4 is 15.0 Å². The predicted octanol–water partition coefficient (Wildman–Crippen LogP) is 3.45. The van der Waals surface area contributed by atoms with E-state index in [9.17, 15) is 4.79 Å². The van der Waals surface area contributed by atoms with E-state index in [4.69, 9.17) is 21.1 Å². The first-order valence-corrected chi connectivity index (χ1v) is 7.74. The second-order valence-electron chi connectivity index (χ2n) is 6.40. The van der Waals surface area contributed by atoms with E-state index in [-0.39, 0.29) is 12.1 Å². The van der Waals surface area contributed by atoms with E-state index in [0.29, 0.717) is 11.6 Å². The monoisotopic (exact) mass is 326 g/mol. The number of nitrogens with one attached hydrogen (secondary N) is 1. The third kappa shape index (κ3) is 4.44. The van der Waals surface area contributed by atoms with Crippen LogP contribution in [0.4, 0.5) is 10.5 Å². The number of rotatable bonds is 3. The van der Waals surface area contributed by atoms with Gasteiger partial charge < -0.3 is 19.7 Å². The van der Waals surface area contributed by atoms with Gasteiger partial charge >= 0.3 is 6.09 Å². The quantitative estimate of drug-likeness (QED) is 0.924. The van der Waals surface area contributed by atoms with Crippen LogP contribution in [0.25, 0.3) is 0 Å². The molecule has 2 rings (SSSR count). The Morgan fingerprint density at radius 3 is 2.73 bits per heavy atom. The number of carbonyl (C=O) groups is 1. The van der Waals surface area contributed by atoms with Crippen molar-refractivity contribution in [2.75, 3.05) is 25.1 Å². The van der Waals surface area contributed by atoms with Crippen LogP contribution in [0.3, 0.4) is 0 Å². The molecule has 0 aliphatic carbocycles. The Labute approximate surface area is 136 Å². The van der Waals surface area contributed by atoms with Crippen LogP contribution in [-0.4, -0.2) is 37.9 Å². The molecular weight excluding hydrogens is 304 g/mol. The van der Waals surface area contributed by atoms with Crippen LogP contribution in [0.2, 0.25) is 5.02 Å². The lowest BCUT2D eigenvalue weighted by atomic mass is 10.2. The number of methoxy groups -OCH3 is 1. The van der Waals surface area contributed by atoms with E-state index in [1.807, 2.05) is 32.9 Å². The number of ether oxygens (including phenoxy) is 2. The second kappa shape index (κ2) is 6.65. The fourth-order valence-corrected chi connectivity index (χ4v) is 2.73. The van der Waals surface area contributed by atoms with Crippen LogP contribution in [0.1, 0.15) is 27.2 Å². The molecule has 6 heteroatoms. The van der Waals surface area contributed by atoms with Gasteiger partial charge in [0.15, 0.2) is 0 Å². The Morgan fingerprint density at radius 1 is 1.41 bits per heavy atom. The lowest BCUT2D eigenvalue weighted by Gasteiger charge is -2.23. The van der Waals surface area contributed by atoms with Crippen molar-refractivity contribution in [2.24, 2.45) is 0 Å². The van der Waals surface area contributed by atoms with Gasteiger partial charge in [0.1, 0.15) is 11.4 Å². The molecule has 122 valence electrons. The summed E-state index contributed by atoms with van der Waals surface area (Å²) in [7, 11) is 1.61. The van der Waals surface area contributed by atoms with Crippen LogP contribution in [-0.2, 0) is 4.74 Å². The van der Waals surface area contributed by atoms with Gasteiger partial charge in [-0.1, -0.05) is 11.6 Å². The molecule has 1 unspecified atom stereocenters. The summed E-state index contributed by atoms with van der Waals surface area (Å²) in [6, 6.07) is 5.69. The van der Waals surface area contributed by atoms with E-state index in [2.05, 4.69) is 10.2 Å². The molecule has 1 aromatic carbocycles. The molecule has 1 N–H and O–H groups in total. The van der Waals surface area contributed by atoms with Crippen molar-refractivity contribution in [3.8, 4) is 5.75 Å². The first-order chi connectivity index (χ1) is 10.3. The molecule has 1 aliphatic heterocycles. The van der Waals surface area contributed by atoms with Crippen molar-refractivity contribution in [3.05, 3.63) is 23.2 Å². The number of hydrogen-bond donors (Lipinski definition) is 1. The second-order valence-corrected chi connectivity index (χ2v) is 6.80. The Hall–Kier alpha value is -1.62. The van der Waals surface area contributed by atoms with Gasteiger partial charge in [-0.3, -0.25) is 0 Å². The molecule has 1 saturated heterocycles. The molecule has 1 amide bonds. The molecule has 1 aromatic rings. The first kappa shape index (κ1) is 16.7. The minimum absolute atomic E-state index is 0.0630. The lowest BCUT2D eigenvalue weighted by molar-refractivity contribution is 0.0509. The Bertz CT molecular complexity index is 543. The summed E-state index contributed by atoms with van der Waals surface area (Å²) in [4.78, 5) is 14.0. The van der Waals surface area contributed by atoms with E-state index in [1.54, 1.807) is 13.2 Å². The number of benzene rings is 1. The minimum Gasteiger partial charge on any atom is -0.497 e. The maximum atomic E-state index is 11.8. The Balaban J connectivity index is 1.94. The van der Waals surface area contributed by atoms with Gasteiger partial charge in [-0.05, 0) is 39.3 Å². The summed E-state index contributed by atoms with van der Waals surface area (Å²) in [5, 5.41) is 3.56. The number of nitrogens with zero attached hydrogens (tertiary/aromatic N) is 1. The maximum Gasteiger partial charge on any atom is 0.407 e. The fourth-order valence-electron chi connectivity index (χ4n) is 2.44. The Kier molecular flexibility index (Phi) is 5.06. The zero-order valence-corrected chi connectivity index (χ0v) is 14.2. The van der Waals surface area contributed by atoms with Crippen molar-refractivity contribution in [1.82, 2.24) is 5.32 Å². The maximum absolute atomic E-state index is 11.8. The molecule has 22 heavy (non-hydrogen) atoms. The molecule has 0 aromatic heterocycles. The van der Waals surface area contributed by atoms with Crippen molar-refractivity contribution in [2.45, 2.75) is 38.8 Å². The summed E-state index contributed by atoms with van der Waals surface area (Å²) < 4.78 is 10.4. The average Bonchev–Trinajstić information content (AvgIpc) is 2.84. The number of alkyl carbamates (subject to hydrolysis) is 1. The number of halogens is 1. The summed E-state index contributed by atoms with van der Waals surface area (Å²) in [6.07, 6.45) is 0.488. The highest BCUT2D eigenvalue weighted by Crippen LogP contribution is 2.31. The zero-order valence-electron chi connectivity index (χ0n) is 13.5. The van der Waals surface area contributed by atoms with Crippen LogP contribution in [0.5, 0.6) is 5.75 Å². The molecular formula is C16H23ClN2O3. The largest absolute Gasteiger partial charge is 0.497 e. The van der Waals surface area contributed by atoms with Crippen molar-refractivity contribution >= 4 is 23.4 Å². The molecule has 0 bridgehead atoms. The summed E-state index contributed by atoms with van der Waals surface area (Å²) in [6.45, 7) is 7.11. The summed E-state index contributed by atoms with van der Waals surface area (Å²) in [5.41, 5.74) is 0.470. The summed E-state index contributed by atoms with van der Waals surface area (Å²) in [5.74, 6) is 0.733. The van der Waals surface area contributed by atoms with Gasteiger partial charge in [0.25, 0.3) is 0 Å². The van der Waals surface area contributed by atoms with Gasteiger partial charge in [0, 0.05) is 19.2 Å². The van der Waals surface area contributed by atoms with Crippen LogP contribution in [0, 0.1) is 0 Å². The number of anilines is 1. The molecule has 0 radical (unpaired) electrons. The third-order valence-corrected chi connectivity index (χ3v) is 3.71. The van der Waals surface area contributed by atoms with E-state index < -0.39 is 5.60 Å². The van der Waals surface area contributed by atoms with Crippen molar-refractivity contribution < 1.29 is 14.3 Å². The highest BCUT2D eigenvalue weighted by atomic mass is 35.5. The highest BCUT2D eigenvalue weighted by molar-refractivity contribution is 6.33. The topological polar surface area (TPSA) is 50.8 Å². The molecule has 1 aliphatic rings. The van der Waals surface area contributed by atoms with E-state index >= 15 is 0 Å². The Morgan fingerprint density at radius 2 is 2.14 bits per heavy atom. The van der Waals surface area contributed by atoms with Gasteiger partial charge in [-0.25, -0.2) is 4.79 Å². The summed E-state index contributed by atoms with van der Waals surface area (Å²) >= 11 is 6.30. The molecule has 1 atom stereocenters. The normalized spacial score (nSPS) is 18.2. The first-order valence-electron chi connectivity index (χ1n) is 7.36. The van der Waals surface area contributed by atoms with Crippen LogP contribution >= 0.6 is 11.6 Å². The van der Waals surface area contributed by atoms with E-state index in [1.165, 1.54) is 0 Å².